The molecule has 1 aromatic heterocycles. The van der Waals surface area contributed by atoms with E-state index in [1.165, 1.54) is 19.0 Å². The van der Waals surface area contributed by atoms with Gasteiger partial charge in [0.05, 0.1) is 0 Å². The zero-order valence-corrected chi connectivity index (χ0v) is 7.64. The third kappa shape index (κ3) is 2.35. The van der Waals surface area contributed by atoms with E-state index in [-0.39, 0.29) is 0 Å². The summed E-state index contributed by atoms with van der Waals surface area (Å²) in [5.74, 6) is 6.59. The molecule has 1 aliphatic rings. The summed E-state index contributed by atoms with van der Waals surface area (Å²) in [6.07, 6.45) is 5.42. The summed E-state index contributed by atoms with van der Waals surface area (Å²) in [7, 11) is -1.47. The molecule has 0 aromatic carbocycles. The molecular formula is C10H10BNO2. The van der Waals surface area contributed by atoms with Gasteiger partial charge in [-0.15, -0.1) is 0 Å². The summed E-state index contributed by atoms with van der Waals surface area (Å²) in [6, 6.07) is 1.65. The summed E-state index contributed by atoms with van der Waals surface area (Å²) in [5, 5.41) is 17.8. The number of pyridine rings is 1. The molecule has 70 valence electrons. The van der Waals surface area contributed by atoms with Gasteiger partial charge in [0.25, 0.3) is 0 Å². The molecule has 0 radical (unpaired) electrons. The van der Waals surface area contributed by atoms with E-state index in [1.54, 1.807) is 12.3 Å². The minimum absolute atomic E-state index is 0.382. The van der Waals surface area contributed by atoms with Crippen LogP contribution in [0.4, 0.5) is 0 Å². The average molecular weight is 187 g/mol. The highest BCUT2D eigenvalue weighted by Crippen LogP contribution is 2.27. The summed E-state index contributed by atoms with van der Waals surface area (Å²) in [4.78, 5) is 3.88. The molecule has 3 nitrogen and oxygen atoms in total. The first kappa shape index (κ1) is 9.26. The van der Waals surface area contributed by atoms with E-state index in [9.17, 15) is 0 Å². The minimum atomic E-state index is -1.47. The molecule has 1 heterocycles. The molecule has 4 heteroatoms. The quantitative estimate of drug-likeness (QED) is 0.461. The second-order valence-corrected chi connectivity index (χ2v) is 3.42. The lowest BCUT2D eigenvalue weighted by atomic mass is 9.81. The van der Waals surface area contributed by atoms with E-state index >= 15 is 0 Å². The Labute approximate surface area is 83.0 Å². The van der Waals surface area contributed by atoms with Crippen molar-refractivity contribution in [3.05, 3.63) is 24.0 Å². The molecule has 0 bridgehead atoms. The molecule has 0 spiro atoms. The predicted molar refractivity (Wildman–Crippen MR) is 53.7 cm³/mol. The molecule has 14 heavy (non-hydrogen) atoms. The van der Waals surface area contributed by atoms with Crippen molar-refractivity contribution >= 4 is 12.6 Å². The summed E-state index contributed by atoms with van der Waals surface area (Å²) in [6.45, 7) is 0. The summed E-state index contributed by atoms with van der Waals surface area (Å²) < 4.78 is 0. The van der Waals surface area contributed by atoms with Gasteiger partial charge < -0.3 is 10.0 Å². The number of rotatable bonds is 1. The molecule has 1 aromatic rings. The molecule has 0 atom stereocenters. The number of hydrogen-bond donors (Lipinski definition) is 2. The molecule has 0 saturated heterocycles. The summed E-state index contributed by atoms with van der Waals surface area (Å²) in [5.41, 5.74) is 1.12. The molecule has 1 aliphatic carbocycles. The lowest BCUT2D eigenvalue weighted by molar-refractivity contribution is 0.425. The highest BCUT2D eigenvalue weighted by molar-refractivity contribution is 6.58. The zero-order valence-electron chi connectivity index (χ0n) is 7.64. The fraction of sp³-hybridized carbons (Fsp3) is 0.300. The third-order valence-electron chi connectivity index (χ3n) is 2.06. The molecule has 0 aliphatic heterocycles. The maximum absolute atomic E-state index is 8.91. The lowest BCUT2D eigenvalue weighted by Crippen LogP contribution is -2.30. The van der Waals surface area contributed by atoms with E-state index in [0.29, 0.717) is 11.4 Å². The van der Waals surface area contributed by atoms with Crippen LogP contribution in [0.15, 0.2) is 18.5 Å². The Kier molecular flexibility index (Phi) is 2.53. The second-order valence-electron chi connectivity index (χ2n) is 3.42. The molecular weight excluding hydrogens is 177 g/mol. The van der Waals surface area contributed by atoms with Crippen LogP contribution in [0.2, 0.25) is 0 Å². The fourth-order valence-corrected chi connectivity index (χ4v) is 1.08. The van der Waals surface area contributed by atoms with Gasteiger partial charge in [-0.25, -0.2) is 0 Å². The van der Waals surface area contributed by atoms with E-state index < -0.39 is 7.12 Å². The highest BCUT2D eigenvalue weighted by atomic mass is 16.4. The Hall–Kier alpha value is -1.31. The van der Waals surface area contributed by atoms with Crippen molar-refractivity contribution in [1.29, 1.82) is 0 Å². The Morgan fingerprint density at radius 1 is 1.36 bits per heavy atom. The maximum Gasteiger partial charge on any atom is 0.490 e. The van der Waals surface area contributed by atoms with Gasteiger partial charge in [-0.2, -0.15) is 0 Å². The van der Waals surface area contributed by atoms with Crippen molar-refractivity contribution in [2.75, 3.05) is 0 Å². The predicted octanol–water partition coefficient (Wildman–Crippen LogP) is -0.477. The second kappa shape index (κ2) is 3.83. The molecule has 2 rings (SSSR count). The van der Waals surface area contributed by atoms with Crippen LogP contribution >= 0.6 is 0 Å². The van der Waals surface area contributed by atoms with Gasteiger partial charge in [0.1, 0.15) is 0 Å². The van der Waals surface area contributed by atoms with Crippen molar-refractivity contribution in [2.24, 2.45) is 5.92 Å². The van der Waals surface area contributed by atoms with Gasteiger partial charge in [0.15, 0.2) is 0 Å². The van der Waals surface area contributed by atoms with Gasteiger partial charge in [-0.1, -0.05) is 11.8 Å². The highest BCUT2D eigenvalue weighted by Gasteiger charge is 2.17. The first-order valence-electron chi connectivity index (χ1n) is 4.58. The smallest absolute Gasteiger partial charge is 0.423 e. The molecule has 0 unspecified atom stereocenters. The van der Waals surface area contributed by atoms with Crippen molar-refractivity contribution in [3.63, 3.8) is 0 Å². The van der Waals surface area contributed by atoms with E-state index in [4.69, 9.17) is 10.0 Å². The van der Waals surface area contributed by atoms with Crippen LogP contribution in [0.3, 0.4) is 0 Å². The van der Waals surface area contributed by atoms with Crippen LogP contribution in [-0.2, 0) is 0 Å². The number of hydrogen-bond acceptors (Lipinski definition) is 3. The first-order valence-corrected chi connectivity index (χ1v) is 4.58. The average Bonchev–Trinajstić information content (AvgIpc) is 2.99. The molecule has 0 amide bonds. The van der Waals surface area contributed by atoms with Crippen molar-refractivity contribution in [3.8, 4) is 11.8 Å². The van der Waals surface area contributed by atoms with E-state index in [2.05, 4.69) is 16.8 Å². The largest absolute Gasteiger partial charge is 0.490 e. The lowest BCUT2D eigenvalue weighted by Gasteiger charge is -1.97. The molecule has 1 fully saturated rings. The van der Waals surface area contributed by atoms with E-state index in [0.717, 1.165) is 5.56 Å². The van der Waals surface area contributed by atoms with Crippen LogP contribution < -0.4 is 5.46 Å². The Morgan fingerprint density at radius 2 is 2.14 bits per heavy atom. The maximum atomic E-state index is 8.91. The number of aromatic nitrogens is 1. The van der Waals surface area contributed by atoms with Crippen molar-refractivity contribution in [1.82, 2.24) is 4.98 Å². The first-order chi connectivity index (χ1) is 6.75. The van der Waals surface area contributed by atoms with Gasteiger partial charge in [0.2, 0.25) is 0 Å². The fourth-order valence-electron chi connectivity index (χ4n) is 1.08. The molecule has 2 N–H and O–H groups in total. The Balaban J connectivity index is 2.18. The standard InChI is InChI=1S/C10H10BNO2/c13-11(14)10-5-9(6-12-7-10)4-3-8-1-2-8/h5-8,13-14H,1-2H2. The summed E-state index contributed by atoms with van der Waals surface area (Å²) >= 11 is 0. The van der Waals surface area contributed by atoms with Crippen LogP contribution in [0.25, 0.3) is 0 Å². The number of nitrogens with zero attached hydrogens (tertiary/aromatic N) is 1. The minimum Gasteiger partial charge on any atom is -0.423 e. The third-order valence-corrected chi connectivity index (χ3v) is 2.06. The van der Waals surface area contributed by atoms with Gasteiger partial charge in [0, 0.05) is 29.3 Å². The van der Waals surface area contributed by atoms with Crippen LogP contribution in [0.1, 0.15) is 18.4 Å². The zero-order chi connectivity index (χ0) is 9.97. The molecule has 1 saturated carbocycles. The Morgan fingerprint density at radius 3 is 2.79 bits per heavy atom. The SMILES string of the molecule is OB(O)c1cncc(C#CC2CC2)c1. The monoisotopic (exact) mass is 187 g/mol. The van der Waals surface area contributed by atoms with Crippen molar-refractivity contribution < 1.29 is 10.0 Å². The normalized spacial score (nSPS) is 14.4. The van der Waals surface area contributed by atoms with E-state index in [1.807, 2.05) is 0 Å². The Bertz CT molecular complexity index is 391. The van der Waals surface area contributed by atoms with Crippen LogP contribution in [0.5, 0.6) is 0 Å². The van der Waals surface area contributed by atoms with Crippen LogP contribution in [-0.4, -0.2) is 22.2 Å². The van der Waals surface area contributed by atoms with Gasteiger partial charge in [-0.05, 0) is 18.9 Å². The van der Waals surface area contributed by atoms with Gasteiger partial charge in [-0.3, -0.25) is 4.98 Å². The van der Waals surface area contributed by atoms with Crippen LogP contribution in [0, 0.1) is 17.8 Å². The van der Waals surface area contributed by atoms with Crippen molar-refractivity contribution in [2.45, 2.75) is 12.8 Å². The van der Waals surface area contributed by atoms with Gasteiger partial charge >= 0.3 is 7.12 Å². The topological polar surface area (TPSA) is 53.4 Å².